The lowest BCUT2D eigenvalue weighted by Gasteiger charge is -2.21. The number of anilines is 1. The van der Waals surface area contributed by atoms with Crippen LogP contribution in [0.15, 0.2) is 41.3 Å². The first-order valence-electron chi connectivity index (χ1n) is 10.3. The van der Waals surface area contributed by atoms with E-state index in [0.29, 0.717) is 0 Å². The van der Waals surface area contributed by atoms with E-state index < -0.39 is 0 Å². The van der Waals surface area contributed by atoms with Crippen LogP contribution >= 0.6 is 23.4 Å². The maximum atomic E-state index is 6.53. The van der Waals surface area contributed by atoms with Crippen LogP contribution in [0.4, 0.5) is 5.69 Å². The zero-order chi connectivity index (χ0) is 18.5. The van der Waals surface area contributed by atoms with Crippen molar-refractivity contribution in [1.29, 1.82) is 0 Å². The lowest BCUT2D eigenvalue weighted by Crippen LogP contribution is -2.16. The molecule has 1 fully saturated rings. The van der Waals surface area contributed by atoms with Crippen LogP contribution < -0.4 is 10.6 Å². The predicted molar refractivity (Wildman–Crippen MR) is 118 cm³/mol. The number of rotatable bonds is 5. The van der Waals surface area contributed by atoms with Gasteiger partial charge in [0.25, 0.3) is 0 Å². The molecule has 0 atom stereocenters. The van der Waals surface area contributed by atoms with Gasteiger partial charge in [-0.3, -0.25) is 0 Å². The van der Waals surface area contributed by atoms with E-state index >= 15 is 0 Å². The highest BCUT2D eigenvalue weighted by atomic mass is 35.5. The van der Waals surface area contributed by atoms with Gasteiger partial charge in [-0.05, 0) is 73.7 Å². The largest absolute Gasteiger partial charge is 0.380 e. The zero-order valence-corrected chi connectivity index (χ0v) is 17.5. The van der Waals surface area contributed by atoms with E-state index in [9.17, 15) is 0 Å². The smallest absolute Gasteiger partial charge is 0.0640 e. The standard InChI is InChI=1S/C23H29ClN2S/c24-22-11-8-18-12-14-25-15-13-21(18)23(22)26-16-17-6-9-20(10-7-17)27-19-4-2-1-3-5-19/h6-11,19,25-26H,1-5,12-16H2. The molecule has 1 aliphatic carbocycles. The van der Waals surface area contributed by atoms with Crippen molar-refractivity contribution in [3.8, 4) is 0 Å². The number of hydrogen-bond donors (Lipinski definition) is 2. The number of benzene rings is 2. The molecule has 144 valence electrons. The fourth-order valence-corrected chi connectivity index (χ4v) is 5.68. The second kappa shape index (κ2) is 9.36. The monoisotopic (exact) mass is 400 g/mol. The summed E-state index contributed by atoms with van der Waals surface area (Å²) in [6.45, 7) is 2.89. The Balaban J connectivity index is 1.40. The molecule has 2 aliphatic rings. The summed E-state index contributed by atoms with van der Waals surface area (Å²) in [5.74, 6) is 0. The summed E-state index contributed by atoms with van der Waals surface area (Å²) in [4.78, 5) is 1.41. The van der Waals surface area contributed by atoms with E-state index in [1.807, 2.05) is 6.07 Å². The average molecular weight is 401 g/mol. The predicted octanol–water partition coefficient (Wildman–Crippen LogP) is 6.07. The number of thioether (sulfide) groups is 1. The minimum Gasteiger partial charge on any atom is -0.380 e. The minimum atomic E-state index is 0.815. The topological polar surface area (TPSA) is 24.1 Å². The zero-order valence-electron chi connectivity index (χ0n) is 15.9. The molecule has 0 radical (unpaired) electrons. The molecule has 0 aromatic heterocycles. The highest BCUT2D eigenvalue weighted by Crippen LogP contribution is 2.34. The van der Waals surface area contributed by atoms with Crippen LogP contribution in [0.1, 0.15) is 48.8 Å². The molecule has 2 nitrogen and oxygen atoms in total. The van der Waals surface area contributed by atoms with E-state index in [1.54, 1.807) is 0 Å². The van der Waals surface area contributed by atoms with Gasteiger partial charge in [-0.25, -0.2) is 0 Å². The van der Waals surface area contributed by atoms with Crippen molar-refractivity contribution in [3.63, 3.8) is 0 Å². The molecule has 4 rings (SSSR count). The quantitative estimate of drug-likeness (QED) is 0.637. The highest BCUT2D eigenvalue weighted by Gasteiger charge is 2.16. The highest BCUT2D eigenvalue weighted by molar-refractivity contribution is 8.00. The molecule has 2 aromatic carbocycles. The van der Waals surface area contributed by atoms with Crippen molar-refractivity contribution >= 4 is 29.1 Å². The van der Waals surface area contributed by atoms with Gasteiger partial charge in [-0.15, -0.1) is 11.8 Å². The number of halogens is 1. The van der Waals surface area contributed by atoms with Crippen molar-refractivity contribution in [2.75, 3.05) is 18.4 Å². The van der Waals surface area contributed by atoms with E-state index in [2.05, 4.69) is 52.7 Å². The minimum absolute atomic E-state index is 0.815. The Morgan fingerprint density at radius 2 is 1.74 bits per heavy atom. The molecule has 0 bridgehead atoms. The summed E-state index contributed by atoms with van der Waals surface area (Å²) in [6, 6.07) is 13.3. The third kappa shape index (κ3) is 5.01. The van der Waals surface area contributed by atoms with E-state index in [4.69, 9.17) is 11.6 Å². The molecule has 0 spiro atoms. The van der Waals surface area contributed by atoms with Crippen LogP contribution in [0, 0.1) is 0 Å². The fraction of sp³-hybridized carbons (Fsp3) is 0.478. The second-order valence-corrected chi connectivity index (χ2v) is 9.47. The van der Waals surface area contributed by atoms with Crippen LogP contribution in [-0.2, 0) is 19.4 Å². The maximum absolute atomic E-state index is 6.53. The normalized spacial score (nSPS) is 18.0. The molecule has 1 saturated carbocycles. The van der Waals surface area contributed by atoms with Crippen LogP contribution in [-0.4, -0.2) is 18.3 Å². The average Bonchev–Trinajstić information content (AvgIpc) is 2.95. The maximum Gasteiger partial charge on any atom is 0.0640 e. The van der Waals surface area contributed by atoms with Crippen molar-refractivity contribution in [3.05, 3.63) is 58.1 Å². The molecule has 1 aliphatic heterocycles. The van der Waals surface area contributed by atoms with Gasteiger partial charge in [-0.2, -0.15) is 0 Å². The van der Waals surface area contributed by atoms with E-state index in [0.717, 1.165) is 48.4 Å². The second-order valence-electron chi connectivity index (χ2n) is 7.69. The number of fused-ring (bicyclic) bond motifs is 1. The van der Waals surface area contributed by atoms with Crippen LogP contribution in [0.5, 0.6) is 0 Å². The Morgan fingerprint density at radius 1 is 0.963 bits per heavy atom. The Labute approximate surface area is 172 Å². The summed E-state index contributed by atoms with van der Waals surface area (Å²) in [7, 11) is 0. The lowest BCUT2D eigenvalue weighted by atomic mass is 10.0. The SMILES string of the molecule is Clc1ccc2c(c1NCc1ccc(SC3CCCCC3)cc1)CCNCC2. The Bertz CT molecular complexity index is 754. The summed E-state index contributed by atoms with van der Waals surface area (Å²) in [6.07, 6.45) is 9.09. The Hall–Kier alpha value is -1.16. The molecule has 0 saturated heterocycles. The molecule has 4 heteroatoms. The first-order valence-corrected chi connectivity index (χ1v) is 11.6. The van der Waals surface area contributed by atoms with Gasteiger partial charge in [0, 0.05) is 16.7 Å². The van der Waals surface area contributed by atoms with E-state index in [-0.39, 0.29) is 0 Å². The molecular weight excluding hydrogens is 372 g/mol. The van der Waals surface area contributed by atoms with Crippen LogP contribution in [0.2, 0.25) is 5.02 Å². The van der Waals surface area contributed by atoms with Crippen molar-refractivity contribution in [2.24, 2.45) is 0 Å². The first kappa shape index (κ1) is 19.2. The van der Waals surface area contributed by atoms with Gasteiger partial charge in [0.1, 0.15) is 0 Å². The third-order valence-corrected chi connectivity index (χ3v) is 7.39. The molecule has 0 unspecified atom stereocenters. The van der Waals surface area contributed by atoms with Gasteiger partial charge in [0.2, 0.25) is 0 Å². The summed E-state index contributed by atoms with van der Waals surface area (Å²) in [5, 5.41) is 8.75. The van der Waals surface area contributed by atoms with Gasteiger partial charge < -0.3 is 10.6 Å². The molecule has 27 heavy (non-hydrogen) atoms. The van der Waals surface area contributed by atoms with Gasteiger partial charge in [0.15, 0.2) is 0 Å². The lowest BCUT2D eigenvalue weighted by molar-refractivity contribution is 0.516. The van der Waals surface area contributed by atoms with Crippen LogP contribution in [0.3, 0.4) is 0 Å². The third-order valence-electron chi connectivity index (χ3n) is 5.73. The Kier molecular flexibility index (Phi) is 6.64. The fourth-order valence-electron chi connectivity index (χ4n) is 4.19. The summed E-state index contributed by atoms with van der Waals surface area (Å²) in [5.41, 5.74) is 5.24. The molecule has 2 N–H and O–H groups in total. The summed E-state index contributed by atoms with van der Waals surface area (Å²) < 4.78 is 0. The molecule has 1 heterocycles. The summed E-state index contributed by atoms with van der Waals surface area (Å²) >= 11 is 8.59. The van der Waals surface area contributed by atoms with E-state index in [1.165, 1.54) is 53.7 Å². The Morgan fingerprint density at radius 3 is 2.56 bits per heavy atom. The van der Waals surface area contributed by atoms with Gasteiger partial charge in [-0.1, -0.05) is 49.1 Å². The first-order chi connectivity index (χ1) is 13.3. The molecule has 2 aromatic rings. The van der Waals surface area contributed by atoms with Crippen molar-refractivity contribution < 1.29 is 0 Å². The van der Waals surface area contributed by atoms with Crippen molar-refractivity contribution in [1.82, 2.24) is 5.32 Å². The number of hydrogen-bond acceptors (Lipinski definition) is 3. The van der Waals surface area contributed by atoms with Crippen LogP contribution in [0.25, 0.3) is 0 Å². The van der Waals surface area contributed by atoms with Gasteiger partial charge in [0.05, 0.1) is 10.7 Å². The van der Waals surface area contributed by atoms with Crippen molar-refractivity contribution in [2.45, 2.75) is 61.6 Å². The molecular formula is C23H29ClN2S. The molecule has 0 amide bonds. The van der Waals surface area contributed by atoms with Gasteiger partial charge >= 0.3 is 0 Å². The number of nitrogens with one attached hydrogen (secondary N) is 2.